The van der Waals surface area contributed by atoms with Crippen LogP contribution in [0.1, 0.15) is 0 Å². The highest BCUT2D eigenvalue weighted by atomic mass is 32.2. The summed E-state index contributed by atoms with van der Waals surface area (Å²) >= 11 is 2.69. The number of likely N-dealkylation sites (N-methyl/N-ethyl adjacent to an activating group) is 1. The number of hydrogen-bond donors (Lipinski definition) is 1. The largest absolute Gasteiger partial charge is 0.451 e. The number of benzene rings is 1. The molecule has 0 spiro atoms. The number of ether oxygens (including phenoxy) is 1. The van der Waals surface area contributed by atoms with Crippen LogP contribution in [0.4, 0.5) is 16.2 Å². The number of anilines is 2. The SMILES string of the molecule is C=CCSc1ccc(N2C(=O)CS/C2=N\C(=O)OC)c(NC(=O)CN(C)C)c1. The van der Waals surface area contributed by atoms with Crippen molar-refractivity contribution < 1.29 is 19.1 Å². The summed E-state index contributed by atoms with van der Waals surface area (Å²) in [6, 6.07) is 5.37. The number of amidine groups is 1. The van der Waals surface area contributed by atoms with Gasteiger partial charge in [-0.2, -0.15) is 4.99 Å². The molecule has 150 valence electrons. The second-order valence-corrected chi connectivity index (χ2v) is 7.98. The molecule has 2 rings (SSSR count). The maximum atomic E-state index is 12.5. The third-order valence-corrected chi connectivity index (χ3v) is 5.35. The summed E-state index contributed by atoms with van der Waals surface area (Å²) < 4.78 is 4.57. The molecule has 1 aromatic carbocycles. The Morgan fingerprint density at radius 2 is 2.21 bits per heavy atom. The number of amides is 3. The normalized spacial score (nSPS) is 15.2. The second-order valence-electron chi connectivity index (χ2n) is 5.95. The molecule has 1 aromatic rings. The lowest BCUT2D eigenvalue weighted by Crippen LogP contribution is -2.32. The van der Waals surface area contributed by atoms with Crippen molar-refractivity contribution in [2.75, 3.05) is 49.5 Å². The first-order valence-corrected chi connectivity index (χ1v) is 10.3. The molecule has 0 atom stereocenters. The zero-order chi connectivity index (χ0) is 20.7. The van der Waals surface area contributed by atoms with Crippen molar-refractivity contribution in [2.24, 2.45) is 4.99 Å². The van der Waals surface area contributed by atoms with Crippen LogP contribution in [0.2, 0.25) is 0 Å². The van der Waals surface area contributed by atoms with Crippen molar-refractivity contribution >= 4 is 58.0 Å². The molecule has 1 saturated heterocycles. The maximum Gasteiger partial charge on any atom is 0.435 e. The number of nitrogens with zero attached hydrogens (tertiary/aromatic N) is 3. The molecule has 1 heterocycles. The minimum atomic E-state index is -0.793. The van der Waals surface area contributed by atoms with Crippen molar-refractivity contribution in [3.63, 3.8) is 0 Å². The summed E-state index contributed by atoms with van der Waals surface area (Å²) in [6.07, 6.45) is 0.989. The second kappa shape index (κ2) is 10.3. The topological polar surface area (TPSA) is 91.3 Å². The highest BCUT2D eigenvalue weighted by Crippen LogP contribution is 2.35. The van der Waals surface area contributed by atoms with Gasteiger partial charge in [-0.25, -0.2) is 4.79 Å². The van der Waals surface area contributed by atoms with Gasteiger partial charge in [-0.15, -0.1) is 18.3 Å². The Hall–Kier alpha value is -2.30. The first kappa shape index (κ1) is 22.0. The Bertz CT molecular complexity index is 811. The number of nitrogens with one attached hydrogen (secondary N) is 1. The number of methoxy groups -OCH3 is 1. The highest BCUT2D eigenvalue weighted by molar-refractivity contribution is 8.15. The molecule has 1 fully saturated rings. The molecule has 1 aliphatic rings. The third kappa shape index (κ3) is 5.85. The van der Waals surface area contributed by atoms with E-state index in [9.17, 15) is 14.4 Å². The van der Waals surface area contributed by atoms with Crippen molar-refractivity contribution in [2.45, 2.75) is 4.90 Å². The Balaban J connectivity index is 2.43. The Morgan fingerprint density at radius 3 is 2.86 bits per heavy atom. The molecule has 0 unspecified atom stereocenters. The van der Waals surface area contributed by atoms with Gasteiger partial charge in [-0.05, 0) is 32.3 Å². The zero-order valence-electron chi connectivity index (χ0n) is 15.9. The van der Waals surface area contributed by atoms with E-state index in [1.807, 2.05) is 6.07 Å². The molecular weight excluding hydrogens is 400 g/mol. The zero-order valence-corrected chi connectivity index (χ0v) is 17.6. The van der Waals surface area contributed by atoms with Crippen LogP contribution < -0.4 is 10.2 Å². The molecular formula is C18H22N4O4S2. The van der Waals surface area contributed by atoms with Crippen molar-refractivity contribution in [3.05, 3.63) is 30.9 Å². The molecule has 0 saturated carbocycles. The van der Waals surface area contributed by atoms with Gasteiger partial charge in [-0.1, -0.05) is 17.8 Å². The molecule has 10 heteroatoms. The third-order valence-electron chi connectivity index (χ3n) is 3.44. The number of thioether (sulfide) groups is 2. The van der Waals surface area contributed by atoms with E-state index in [1.54, 1.807) is 49.0 Å². The number of rotatable bonds is 7. The Morgan fingerprint density at radius 1 is 1.46 bits per heavy atom. The molecule has 28 heavy (non-hydrogen) atoms. The van der Waals surface area contributed by atoms with Crippen molar-refractivity contribution in [1.29, 1.82) is 0 Å². The van der Waals surface area contributed by atoms with Crippen molar-refractivity contribution in [3.8, 4) is 0 Å². The van der Waals surface area contributed by atoms with Crippen LogP contribution in [0, 0.1) is 0 Å². The van der Waals surface area contributed by atoms with Gasteiger partial charge in [0.05, 0.1) is 30.8 Å². The van der Waals surface area contributed by atoms with Gasteiger partial charge in [0, 0.05) is 10.6 Å². The van der Waals surface area contributed by atoms with Gasteiger partial charge in [0.25, 0.3) is 0 Å². The van der Waals surface area contributed by atoms with Crippen LogP contribution in [0.15, 0.2) is 40.7 Å². The van der Waals surface area contributed by atoms with Crippen molar-refractivity contribution in [1.82, 2.24) is 4.90 Å². The summed E-state index contributed by atoms with van der Waals surface area (Å²) in [5, 5.41) is 3.06. The van der Waals surface area contributed by atoms with Gasteiger partial charge in [-0.3, -0.25) is 14.5 Å². The average Bonchev–Trinajstić information content (AvgIpc) is 2.99. The summed E-state index contributed by atoms with van der Waals surface area (Å²) in [5.41, 5.74) is 0.919. The van der Waals surface area contributed by atoms with Crippen LogP contribution in [-0.2, 0) is 14.3 Å². The van der Waals surface area contributed by atoms with Crippen LogP contribution in [0.25, 0.3) is 0 Å². The fourth-order valence-electron chi connectivity index (χ4n) is 2.34. The maximum absolute atomic E-state index is 12.5. The van der Waals surface area contributed by atoms with E-state index in [-0.39, 0.29) is 29.3 Å². The number of aliphatic imine (C=N–C) groups is 1. The molecule has 0 aliphatic carbocycles. The summed E-state index contributed by atoms with van der Waals surface area (Å²) in [4.78, 5) is 44.1. The van der Waals surface area contributed by atoms with Gasteiger partial charge in [0.2, 0.25) is 11.8 Å². The average molecular weight is 423 g/mol. The molecule has 0 bridgehead atoms. The van der Waals surface area contributed by atoms with E-state index >= 15 is 0 Å². The lowest BCUT2D eigenvalue weighted by molar-refractivity contribution is -0.117. The Kier molecular flexibility index (Phi) is 8.09. The fourth-order valence-corrected chi connectivity index (χ4v) is 3.86. The van der Waals surface area contributed by atoms with Crippen LogP contribution in [0.5, 0.6) is 0 Å². The summed E-state index contributed by atoms with van der Waals surface area (Å²) in [5.74, 6) is 0.399. The summed E-state index contributed by atoms with van der Waals surface area (Å²) in [6.45, 7) is 3.89. The lowest BCUT2D eigenvalue weighted by Gasteiger charge is -2.21. The lowest BCUT2D eigenvalue weighted by atomic mass is 10.2. The smallest absolute Gasteiger partial charge is 0.435 e. The first-order valence-electron chi connectivity index (χ1n) is 8.30. The monoisotopic (exact) mass is 422 g/mol. The number of carbonyl (C=O) groups excluding carboxylic acids is 3. The minimum absolute atomic E-state index is 0.147. The van der Waals surface area contributed by atoms with Gasteiger partial charge in [0.1, 0.15) is 0 Å². The van der Waals surface area contributed by atoms with E-state index in [2.05, 4.69) is 21.6 Å². The Labute approximate surface area is 172 Å². The predicted octanol–water partition coefficient (Wildman–Crippen LogP) is 2.67. The van der Waals surface area contributed by atoms with Crippen LogP contribution in [0.3, 0.4) is 0 Å². The van der Waals surface area contributed by atoms with Crippen LogP contribution >= 0.6 is 23.5 Å². The van der Waals surface area contributed by atoms with Gasteiger partial charge in [0.15, 0.2) is 5.17 Å². The van der Waals surface area contributed by atoms with E-state index in [4.69, 9.17) is 0 Å². The predicted molar refractivity (Wildman–Crippen MR) is 114 cm³/mol. The highest BCUT2D eigenvalue weighted by Gasteiger charge is 2.32. The van der Waals surface area contributed by atoms with E-state index < -0.39 is 6.09 Å². The molecule has 0 aromatic heterocycles. The van der Waals surface area contributed by atoms with E-state index in [0.717, 1.165) is 16.7 Å². The quantitative estimate of drug-likeness (QED) is 0.533. The van der Waals surface area contributed by atoms with Crippen LogP contribution in [-0.4, -0.2) is 67.2 Å². The van der Waals surface area contributed by atoms with Gasteiger partial charge >= 0.3 is 6.09 Å². The summed E-state index contributed by atoms with van der Waals surface area (Å²) in [7, 11) is 4.80. The molecule has 0 radical (unpaired) electrons. The first-order chi connectivity index (χ1) is 13.3. The molecule has 1 N–H and O–H groups in total. The molecule has 1 aliphatic heterocycles. The minimum Gasteiger partial charge on any atom is -0.451 e. The van der Waals surface area contributed by atoms with E-state index in [0.29, 0.717) is 17.1 Å². The van der Waals surface area contributed by atoms with Gasteiger partial charge < -0.3 is 15.0 Å². The number of carbonyl (C=O) groups is 3. The van der Waals surface area contributed by atoms with E-state index in [1.165, 1.54) is 12.0 Å². The standard InChI is InChI=1S/C18H22N4O4S2/c1-5-8-27-12-6-7-14(13(9-12)19-15(23)10-21(2)3)22-16(24)11-28-17(22)20-18(25)26-4/h5-7,9H,1,8,10-11H2,2-4H3,(H,19,23)/b20-17-. The number of hydrogen-bond acceptors (Lipinski definition) is 7. The fraction of sp³-hybridized carbons (Fsp3) is 0.333. The molecule has 8 nitrogen and oxygen atoms in total. The molecule has 3 amide bonds.